The summed E-state index contributed by atoms with van der Waals surface area (Å²) >= 11 is 5.90. The first kappa shape index (κ1) is 16.1. The largest absolute Gasteiger partial charge is 0.461 e. The average Bonchev–Trinajstić information content (AvgIpc) is 2.61. The maximum absolute atomic E-state index is 12.0. The third-order valence-corrected chi connectivity index (χ3v) is 3.82. The topological polar surface area (TPSA) is 80.7 Å². The van der Waals surface area contributed by atoms with Crippen molar-refractivity contribution >= 4 is 29.2 Å². The van der Waals surface area contributed by atoms with Crippen LogP contribution < -0.4 is 5.43 Å². The Morgan fingerprint density at radius 3 is 2.79 bits per heavy atom. The molecule has 0 radical (unpaired) electrons. The predicted octanol–water partition coefficient (Wildman–Crippen LogP) is 2.43. The van der Waals surface area contributed by atoms with Gasteiger partial charge in [0.1, 0.15) is 6.61 Å². The third kappa shape index (κ3) is 3.78. The molecule has 2 heterocycles. The van der Waals surface area contributed by atoms with Gasteiger partial charge in [-0.15, -0.1) is 0 Å². The average molecular weight is 344 g/mol. The smallest absolute Gasteiger partial charge is 0.339 e. The molecule has 1 amide bonds. The quantitative estimate of drug-likeness (QED) is 0.864. The van der Waals surface area contributed by atoms with Gasteiger partial charge in [-0.3, -0.25) is 9.78 Å². The Balaban J connectivity index is 1.73. The minimum atomic E-state index is -0.482. The molecule has 6 nitrogen and oxygen atoms in total. The van der Waals surface area contributed by atoms with Crippen molar-refractivity contribution in [1.29, 1.82) is 0 Å². The molecule has 7 heteroatoms. The lowest BCUT2D eigenvalue weighted by atomic mass is 9.93. The van der Waals surface area contributed by atoms with Gasteiger partial charge in [-0.2, -0.15) is 5.10 Å². The zero-order valence-electron chi connectivity index (χ0n) is 12.6. The van der Waals surface area contributed by atoms with Gasteiger partial charge in [0.15, 0.2) is 0 Å². The lowest BCUT2D eigenvalue weighted by Gasteiger charge is -2.22. The number of ether oxygens (including phenoxy) is 1. The number of rotatable bonds is 4. The Kier molecular flexibility index (Phi) is 4.86. The number of halogens is 1. The van der Waals surface area contributed by atoms with E-state index in [4.69, 9.17) is 16.3 Å². The molecule has 1 unspecified atom stereocenters. The van der Waals surface area contributed by atoms with Crippen LogP contribution in [0.4, 0.5) is 0 Å². The highest BCUT2D eigenvalue weighted by Crippen LogP contribution is 2.20. The summed E-state index contributed by atoms with van der Waals surface area (Å²) < 4.78 is 5.33. The zero-order chi connectivity index (χ0) is 16.9. The highest BCUT2D eigenvalue weighted by atomic mass is 35.5. The van der Waals surface area contributed by atoms with Crippen molar-refractivity contribution in [2.24, 2.45) is 11.0 Å². The van der Waals surface area contributed by atoms with Crippen molar-refractivity contribution in [3.63, 3.8) is 0 Å². The Bertz CT molecular complexity index is 775. The second-order valence-corrected chi connectivity index (χ2v) is 5.72. The standard InChI is InChI=1S/C17H14ClN3O3/c18-14-5-3-11(4-6-14)16-13(8-15(22)20-21-16)10-24-17(23)12-2-1-7-19-9-12/h1-7,9,13H,8,10H2,(H,20,22). The fraction of sp³-hybridized carbons (Fsp3) is 0.176. The van der Waals surface area contributed by atoms with Crippen LogP contribution in [0.5, 0.6) is 0 Å². The van der Waals surface area contributed by atoms with Gasteiger partial charge in [-0.1, -0.05) is 23.7 Å². The molecule has 0 saturated carbocycles. The number of carbonyl (C=O) groups is 2. The number of nitrogens with zero attached hydrogens (tertiary/aromatic N) is 2. The molecule has 0 saturated heterocycles. The summed E-state index contributed by atoms with van der Waals surface area (Å²) in [6.07, 6.45) is 3.21. The van der Waals surface area contributed by atoms with Crippen LogP contribution in [0.2, 0.25) is 5.02 Å². The van der Waals surface area contributed by atoms with Crippen molar-refractivity contribution in [2.45, 2.75) is 6.42 Å². The lowest BCUT2D eigenvalue weighted by molar-refractivity contribution is -0.122. The lowest BCUT2D eigenvalue weighted by Crippen LogP contribution is -2.36. The molecule has 1 aliphatic rings. The van der Waals surface area contributed by atoms with Crippen molar-refractivity contribution in [2.75, 3.05) is 6.61 Å². The number of esters is 1. The molecule has 0 aliphatic carbocycles. The predicted molar refractivity (Wildman–Crippen MR) is 88.8 cm³/mol. The van der Waals surface area contributed by atoms with E-state index in [1.807, 2.05) is 12.1 Å². The van der Waals surface area contributed by atoms with Crippen LogP contribution in [-0.4, -0.2) is 29.2 Å². The summed E-state index contributed by atoms with van der Waals surface area (Å²) in [5.41, 5.74) is 4.30. The number of nitrogens with one attached hydrogen (secondary N) is 1. The molecule has 1 N–H and O–H groups in total. The van der Waals surface area contributed by atoms with Crippen molar-refractivity contribution < 1.29 is 14.3 Å². The normalized spacial score (nSPS) is 17.0. The SMILES string of the molecule is O=C1CC(COC(=O)c2cccnc2)C(c2ccc(Cl)cc2)=NN1. The number of aromatic nitrogens is 1. The van der Waals surface area contributed by atoms with E-state index in [1.165, 1.54) is 6.20 Å². The molecule has 1 aromatic heterocycles. The first-order valence-corrected chi connectivity index (χ1v) is 7.71. The van der Waals surface area contributed by atoms with Crippen LogP contribution in [0.25, 0.3) is 0 Å². The highest BCUT2D eigenvalue weighted by molar-refractivity contribution is 6.30. The van der Waals surface area contributed by atoms with Crippen LogP contribution >= 0.6 is 11.6 Å². The molecule has 0 fully saturated rings. The first-order chi connectivity index (χ1) is 11.6. The Hall–Kier alpha value is -2.73. The summed E-state index contributed by atoms with van der Waals surface area (Å²) in [7, 11) is 0. The van der Waals surface area contributed by atoms with E-state index in [0.717, 1.165) is 5.56 Å². The number of hydrazone groups is 1. The molecule has 0 spiro atoms. The van der Waals surface area contributed by atoms with Gasteiger partial charge in [0.05, 0.1) is 11.3 Å². The molecular weight excluding hydrogens is 330 g/mol. The van der Waals surface area contributed by atoms with Gasteiger partial charge < -0.3 is 4.74 Å². The molecular formula is C17H14ClN3O3. The fourth-order valence-electron chi connectivity index (χ4n) is 2.38. The summed E-state index contributed by atoms with van der Waals surface area (Å²) in [4.78, 5) is 27.5. The van der Waals surface area contributed by atoms with Crippen LogP contribution in [0.15, 0.2) is 53.9 Å². The number of hydrogen-bond donors (Lipinski definition) is 1. The van der Waals surface area contributed by atoms with Crippen molar-refractivity contribution in [1.82, 2.24) is 10.4 Å². The van der Waals surface area contributed by atoms with Crippen LogP contribution in [0.3, 0.4) is 0 Å². The third-order valence-electron chi connectivity index (χ3n) is 3.57. The van der Waals surface area contributed by atoms with E-state index < -0.39 is 5.97 Å². The summed E-state index contributed by atoms with van der Waals surface area (Å²) in [6.45, 7) is 0.0581. The molecule has 2 aromatic rings. The first-order valence-electron chi connectivity index (χ1n) is 7.33. The maximum atomic E-state index is 12.0. The minimum Gasteiger partial charge on any atom is -0.461 e. The number of pyridine rings is 1. The number of amides is 1. The number of carbonyl (C=O) groups excluding carboxylic acids is 2. The van der Waals surface area contributed by atoms with E-state index in [9.17, 15) is 9.59 Å². The molecule has 1 aromatic carbocycles. The molecule has 1 aliphatic heterocycles. The van der Waals surface area contributed by atoms with Gasteiger partial charge in [0, 0.05) is 29.8 Å². The Morgan fingerprint density at radius 1 is 1.29 bits per heavy atom. The van der Waals surface area contributed by atoms with Crippen LogP contribution in [0.1, 0.15) is 22.3 Å². The van der Waals surface area contributed by atoms with Crippen LogP contribution in [-0.2, 0) is 9.53 Å². The van der Waals surface area contributed by atoms with Crippen molar-refractivity contribution in [3.8, 4) is 0 Å². The van der Waals surface area contributed by atoms with Gasteiger partial charge in [0.25, 0.3) is 0 Å². The molecule has 3 rings (SSSR count). The zero-order valence-corrected chi connectivity index (χ0v) is 13.4. The van der Waals surface area contributed by atoms with E-state index >= 15 is 0 Å². The van der Waals surface area contributed by atoms with Gasteiger partial charge >= 0.3 is 5.97 Å². The molecule has 24 heavy (non-hydrogen) atoms. The summed E-state index contributed by atoms with van der Waals surface area (Å²) in [5, 5.41) is 4.72. The number of hydrogen-bond acceptors (Lipinski definition) is 5. The van der Waals surface area contributed by atoms with E-state index in [-0.39, 0.29) is 24.9 Å². The fourth-order valence-corrected chi connectivity index (χ4v) is 2.51. The van der Waals surface area contributed by atoms with E-state index in [2.05, 4.69) is 15.5 Å². The molecule has 1 atom stereocenters. The maximum Gasteiger partial charge on any atom is 0.339 e. The number of benzene rings is 1. The highest BCUT2D eigenvalue weighted by Gasteiger charge is 2.27. The van der Waals surface area contributed by atoms with Crippen molar-refractivity contribution in [3.05, 3.63) is 64.9 Å². The summed E-state index contributed by atoms with van der Waals surface area (Å²) in [6, 6.07) is 10.4. The Morgan fingerprint density at radius 2 is 2.08 bits per heavy atom. The monoisotopic (exact) mass is 343 g/mol. The van der Waals surface area contributed by atoms with Crippen LogP contribution in [0, 0.1) is 5.92 Å². The van der Waals surface area contributed by atoms with Gasteiger partial charge in [-0.05, 0) is 29.8 Å². The van der Waals surface area contributed by atoms with Gasteiger partial charge in [-0.25, -0.2) is 10.2 Å². The van der Waals surface area contributed by atoms with Gasteiger partial charge in [0.2, 0.25) is 5.91 Å². The second kappa shape index (κ2) is 7.23. The van der Waals surface area contributed by atoms with E-state index in [1.54, 1.807) is 30.5 Å². The minimum absolute atomic E-state index is 0.0581. The molecule has 0 bridgehead atoms. The van der Waals surface area contributed by atoms with E-state index in [0.29, 0.717) is 16.3 Å². The molecule has 122 valence electrons. The summed E-state index contributed by atoms with van der Waals surface area (Å²) in [5.74, 6) is -1.01. The Labute approximate surface area is 143 Å². The second-order valence-electron chi connectivity index (χ2n) is 5.28.